The lowest BCUT2D eigenvalue weighted by molar-refractivity contribution is 0.336. The minimum Gasteiger partial charge on any atom is -0.271 e. The molecule has 1 atom stereocenters. The Balaban J connectivity index is 2.64. The van der Waals surface area contributed by atoms with Crippen molar-refractivity contribution in [2.45, 2.75) is 71.3 Å². The summed E-state index contributed by atoms with van der Waals surface area (Å²) in [5.41, 5.74) is 4.64. The number of rotatable bonds is 7. The number of hydrogen-bond acceptors (Lipinski definition) is 2. The molecule has 0 saturated carbocycles. The summed E-state index contributed by atoms with van der Waals surface area (Å²) < 4.78 is 0. The highest BCUT2D eigenvalue weighted by molar-refractivity contribution is 5.14. The average molecular weight is 224 g/mol. The van der Waals surface area contributed by atoms with Gasteiger partial charge in [-0.25, -0.2) is 0 Å². The van der Waals surface area contributed by atoms with Gasteiger partial charge in [0.25, 0.3) is 0 Å². The second-order valence-corrected chi connectivity index (χ2v) is 5.01. The molecule has 1 unspecified atom stereocenters. The molecule has 0 heterocycles. The molecule has 3 N–H and O–H groups in total. The second-order valence-electron chi connectivity index (χ2n) is 5.01. The van der Waals surface area contributed by atoms with Gasteiger partial charge in [-0.3, -0.25) is 11.3 Å². The molecule has 16 heavy (non-hydrogen) atoms. The van der Waals surface area contributed by atoms with Crippen LogP contribution in [0.4, 0.5) is 0 Å². The standard InChI is InChI=1S/C14H28N2/c1-3-8-12(9-4-2)14(16-15)13-10-6-5-7-11-13/h10,12,14,16H,3-9,11,15H2,1-2H3. The Morgan fingerprint density at radius 2 is 1.94 bits per heavy atom. The summed E-state index contributed by atoms with van der Waals surface area (Å²) in [5, 5.41) is 0. The fourth-order valence-electron chi connectivity index (χ4n) is 2.91. The third-order valence-corrected chi connectivity index (χ3v) is 3.70. The van der Waals surface area contributed by atoms with Gasteiger partial charge in [0, 0.05) is 6.04 Å². The van der Waals surface area contributed by atoms with Crippen LogP contribution in [0.2, 0.25) is 0 Å². The van der Waals surface area contributed by atoms with Crippen molar-refractivity contribution in [1.82, 2.24) is 5.43 Å². The first-order valence-electron chi connectivity index (χ1n) is 6.98. The number of hydrazine groups is 1. The molecule has 0 saturated heterocycles. The molecule has 0 amide bonds. The first-order valence-corrected chi connectivity index (χ1v) is 6.98. The van der Waals surface area contributed by atoms with Gasteiger partial charge in [-0.1, -0.05) is 38.3 Å². The lowest BCUT2D eigenvalue weighted by Gasteiger charge is -2.30. The van der Waals surface area contributed by atoms with Crippen LogP contribution in [0.3, 0.4) is 0 Å². The van der Waals surface area contributed by atoms with Gasteiger partial charge < -0.3 is 0 Å². The van der Waals surface area contributed by atoms with E-state index >= 15 is 0 Å². The minimum atomic E-state index is 0.431. The predicted octanol–water partition coefficient (Wildman–Crippen LogP) is 3.54. The van der Waals surface area contributed by atoms with E-state index in [2.05, 4.69) is 25.3 Å². The van der Waals surface area contributed by atoms with Crippen LogP contribution >= 0.6 is 0 Å². The van der Waals surface area contributed by atoms with E-state index in [-0.39, 0.29) is 0 Å². The predicted molar refractivity (Wildman–Crippen MR) is 71.0 cm³/mol. The van der Waals surface area contributed by atoms with E-state index in [0.29, 0.717) is 6.04 Å². The summed E-state index contributed by atoms with van der Waals surface area (Å²) >= 11 is 0. The average Bonchev–Trinajstić information content (AvgIpc) is 2.32. The zero-order chi connectivity index (χ0) is 11.8. The molecule has 1 aliphatic rings. The number of hydrogen-bond donors (Lipinski definition) is 2. The maximum absolute atomic E-state index is 5.77. The van der Waals surface area contributed by atoms with Crippen molar-refractivity contribution in [2.24, 2.45) is 11.8 Å². The molecule has 0 aliphatic heterocycles. The summed E-state index contributed by atoms with van der Waals surface area (Å²) in [6.07, 6.45) is 12.7. The molecule has 0 spiro atoms. The van der Waals surface area contributed by atoms with E-state index in [4.69, 9.17) is 5.84 Å². The SMILES string of the molecule is CCCC(CCC)C(NN)C1=CCCCC1. The van der Waals surface area contributed by atoms with Crippen LogP contribution in [0.15, 0.2) is 11.6 Å². The Labute approximate surface area is 101 Å². The van der Waals surface area contributed by atoms with Gasteiger partial charge in [-0.2, -0.15) is 0 Å². The molecular weight excluding hydrogens is 196 g/mol. The molecule has 0 aromatic heterocycles. The van der Waals surface area contributed by atoms with Crippen LogP contribution in [0, 0.1) is 5.92 Å². The normalized spacial score (nSPS) is 18.6. The first-order chi connectivity index (χ1) is 7.83. The Morgan fingerprint density at radius 3 is 2.38 bits per heavy atom. The molecule has 0 aromatic rings. The van der Waals surface area contributed by atoms with E-state index < -0.39 is 0 Å². The fraction of sp³-hybridized carbons (Fsp3) is 0.857. The molecule has 1 aliphatic carbocycles. The molecule has 2 nitrogen and oxygen atoms in total. The van der Waals surface area contributed by atoms with E-state index in [1.165, 1.54) is 51.4 Å². The Hall–Kier alpha value is -0.340. The minimum absolute atomic E-state index is 0.431. The largest absolute Gasteiger partial charge is 0.271 e. The molecule has 0 aromatic carbocycles. The van der Waals surface area contributed by atoms with Crippen molar-refractivity contribution in [3.63, 3.8) is 0 Å². The van der Waals surface area contributed by atoms with Crippen LogP contribution < -0.4 is 11.3 Å². The smallest absolute Gasteiger partial charge is 0.0447 e. The second kappa shape index (κ2) is 7.86. The number of allylic oxidation sites excluding steroid dienone is 1. The molecule has 2 heteroatoms. The Kier molecular flexibility index (Phi) is 6.74. The van der Waals surface area contributed by atoms with Crippen molar-refractivity contribution >= 4 is 0 Å². The Morgan fingerprint density at radius 1 is 1.25 bits per heavy atom. The molecule has 1 rings (SSSR count). The highest BCUT2D eigenvalue weighted by atomic mass is 15.2. The van der Waals surface area contributed by atoms with Crippen LogP contribution in [0.5, 0.6) is 0 Å². The van der Waals surface area contributed by atoms with Crippen molar-refractivity contribution in [2.75, 3.05) is 0 Å². The van der Waals surface area contributed by atoms with Crippen molar-refractivity contribution in [1.29, 1.82) is 0 Å². The summed E-state index contributed by atoms with van der Waals surface area (Å²) in [6.45, 7) is 4.54. The molecular formula is C14H28N2. The maximum atomic E-state index is 5.77. The van der Waals surface area contributed by atoms with Gasteiger partial charge in [0.2, 0.25) is 0 Å². The number of nitrogens with two attached hydrogens (primary N) is 1. The van der Waals surface area contributed by atoms with Gasteiger partial charge in [0.1, 0.15) is 0 Å². The highest BCUT2D eigenvalue weighted by Crippen LogP contribution is 2.28. The van der Waals surface area contributed by atoms with E-state index in [9.17, 15) is 0 Å². The van der Waals surface area contributed by atoms with Gasteiger partial charge in [-0.05, 0) is 44.4 Å². The van der Waals surface area contributed by atoms with Gasteiger partial charge in [0.15, 0.2) is 0 Å². The topological polar surface area (TPSA) is 38.0 Å². The van der Waals surface area contributed by atoms with Crippen LogP contribution in [0.25, 0.3) is 0 Å². The third kappa shape index (κ3) is 3.91. The van der Waals surface area contributed by atoms with Crippen molar-refractivity contribution in [3.8, 4) is 0 Å². The maximum Gasteiger partial charge on any atom is 0.0447 e. The molecule has 0 radical (unpaired) electrons. The quantitative estimate of drug-likeness (QED) is 0.394. The van der Waals surface area contributed by atoms with Gasteiger partial charge in [0.05, 0.1) is 0 Å². The lowest BCUT2D eigenvalue weighted by atomic mass is 9.82. The van der Waals surface area contributed by atoms with E-state index in [1.807, 2.05) is 0 Å². The zero-order valence-corrected chi connectivity index (χ0v) is 11.0. The highest BCUT2D eigenvalue weighted by Gasteiger charge is 2.23. The van der Waals surface area contributed by atoms with Crippen LogP contribution in [-0.2, 0) is 0 Å². The molecule has 94 valence electrons. The zero-order valence-electron chi connectivity index (χ0n) is 11.0. The van der Waals surface area contributed by atoms with Crippen LogP contribution in [-0.4, -0.2) is 6.04 Å². The summed E-state index contributed by atoms with van der Waals surface area (Å²) in [4.78, 5) is 0. The van der Waals surface area contributed by atoms with E-state index in [0.717, 1.165) is 5.92 Å². The third-order valence-electron chi connectivity index (χ3n) is 3.70. The summed E-state index contributed by atoms with van der Waals surface area (Å²) in [6, 6.07) is 0.431. The Bertz CT molecular complexity index is 205. The molecule has 0 bridgehead atoms. The van der Waals surface area contributed by atoms with Crippen molar-refractivity contribution in [3.05, 3.63) is 11.6 Å². The lowest BCUT2D eigenvalue weighted by Crippen LogP contribution is -2.42. The van der Waals surface area contributed by atoms with Crippen molar-refractivity contribution < 1.29 is 0 Å². The van der Waals surface area contributed by atoms with E-state index in [1.54, 1.807) is 5.57 Å². The van der Waals surface area contributed by atoms with Gasteiger partial charge >= 0.3 is 0 Å². The first kappa shape index (κ1) is 13.7. The summed E-state index contributed by atoms with van der Waals surface area (Å²) in [5.74, 6) is 6.50. The summed E-state index contributed by atoms with van der Waals surface area (Å²) in [7, 11) is 0. The van der Waals surface area contributed by atoms with Gasteiger partial charge in [-0.15, -0.1) is 0 Å². The fourth-order valence-corrected chi connectivity index (χ4v) is 2.91. The number of nitrogens with one attached hydrogen (secondary N) is 1. The monoisotopic (exact) mass is 224 g/mol. The van der Waals surface area contributed by atoms with Crippen LogP contribution in [0.1, 0.15) is 65.2 Å². The molecule has 0 fully saturated rings.